The molecule has 0 heterocycles. The number of carboxylic acid groups (broad SMARTS) is 2. The molecule has 1 atom stereocenters. The van der Waals surface area contributed by atoms with Gasteiger partial charge in [0.05, 0.1) is 58.3 Å². The van der Waals surface area contributed by atoms with E-state index < -0.39 is 18.0 Å². The van der Waals surface area contributed by atoms with E-state index in [2.05, 4.69) is 55.4 Å². The summed E-state index contributed by atoms with van der Waals surface area (Å²) in [6.45, 7) is 28.4. The van der Waals surface area contributed by atoms with E-state index >= 15 is 0 Å². The van der Waals surface area contributed by atoms with Crippen molar-refractivity contribution in [1.82, 2.24) is 0 Å². The summed E-state index contributed by atoms with van der Waals surface area (Å²) in [5.74, 6) is -2.75. The maximum Gasteiger partial charge on any atom is 0.0757 e. The van der Waals surface area contributed by atoms with Crippen molar-refractivity contribution in [1.29, 1.82) is 0 Å². The van der Waals surface area contributed by atoms with Gasteiger partial charge in [0, 0.05) is 12.0 Å². The van der Waals surface area contributed by atoms with Gasteiger partial charge in [0.25, 0.3) is 0 Å². The zero-order valence-electron chi connectivity index (χ0n) is 19.8. The lowest BCUT2D eigenvalue weighted by Crippen LogP contribution is -2.47. The molecule has 0 bridgehead atoms. The number of aliphatic carboxylic acids is 2. The molecule has 0 amide bonds. The lowest BCUT2D eigenvalue weighted by molar-refractivity contribution is -0.921. The molecule has 0 aromatic heterocycles. The van der Waals surface area contributed by atoms with Crippen LogP contribution in [0.4, 0.5) is 0 Å². The predicted octanol–water partition coefficient (Wildman–Crippen LogP) is 0.359. The molecule has 0 saturated carbocycles. The fourth-order valence-corrected chi connectivity index (χ4v) is 3.07. The molecule has 0 rings (SSSR count). The fourth-order valence-electron chi connectivity index (χ4n) is 3.07. The lowest BCUT2D eigenvalue weighted by atomic mass is 10.2. The van der Waals surface area contributed by atoms with E-state index in [-0.39, 0.29) is 12.8 Å². The Morgan fingerprint density at radius 3 is 1.04 bits per heavy atom. The molecule has 0 aromatic rings. The summed E-state index contributed by atoms with van der Waals surface area (Å²) in [7, 11) is 0. The third-order valence-electron chi connectivity index (χ3n) is 6.33. The first-order valence-corrected chi connectivity index (χ1v) is 10.9. The second-order valence-electron chi connectivity index (χ2n) is 7.05. The smallest absolute Gasteiger partial charge is 0.0757 e. The molecule has 28 heavy (non-hydrogen) atoms. The summed E-state index contributed by atoms with van der Waals surface area (Å²) in [5, 5.41) is 19.6. The molecular formula is C21H47N3O4. The Balaban J connectivity index is -0.000000336. The van der Waals surface area contributed by atoms with Crippen molar-refractivity contribution < 1.29 is 28.8 Å². The van der Waals surface area contributed by atoms with Crippen LogP contribution in [-0.4, -0.2) is 79.3 Å². The highest BCUT2D eigenvalue weighted by molar-refractivity contribution is 5.72. The van der Waals surface area contributed by atoms with Gasteiger partial charge in [-0.25, -0.2) is 0 Å². The minimum Gasteiger partial charge on any atom is -0.550 e. The Morgan fingerprint density at radius 1 is 0.679 bits per heavy atom. The first-order valence-electron chi connectivity index (χ1n) is 10.9. The maximum absolute atomic E-state index is 9.86. The van der Waals surface area contributed by atoms with Gasteiger partial charge in [-0.05, 0) is 68.2 Å². The van der Waals surface area contributed by atoms with Gasteiger partial charge < -0.3 is 34.5 Å². The normalized spacial score (nSPS) is 12.2. The molecule has 0 saturated heterocycles. The van der Waals surface area contributed by atoms with Crippen LogP contribution in [0.15, 0.2) is 0 Å². The largest absolute Gasteiger partial charge is 0.550 e. The molecule has 0 aromatic carbocycles. The molecule has 170 valence electrons. The van der Waals surface area contributed by atoms with Crippen molar-refractivity contribution in [3.63, 3.8) is 0 Å². The van der Waals surface area contributed by atoms with Gasteiger partial charge in [0.2, 0.25) is 0 Å². The van der Waals surface area contributed by atoms with E-state index in [0.29, 0.717) is 0 Å². The Bertz CT molecular complexity index is 340. The zero-order valence-corrected chi connectivity index (χ0v) is 19.8. The number of hydrogen-bond acceptors (Lipinski definition) is 5. The van der Waals surface area contributed by atoms with Crippen LogP contribution in [0.2, 0.25) is 0 Å². The molecule has 0 aliphatic heterocycles. The number of carbonyl (C=O) groups is 2. The molecule has 0 unspecified atom stereocenters. The Morgan fingerprint density at radius 2 is 0.929 bits per heavy atom. The number of nitrogens with two attached hydrogens (primary N) is 1. The molecule has 2 N–H and O–H groups in total. The average molecular weight is 406 g/mol. The summed E-state index contributed by atoms with van der Waals surface area (Å²) in [6.07, 6.45) is -0.500. The SMILES string of the molecule is CC[N+](CC)(CC)CC.CC[N+](CC)(CC)CC.N[C@@H](CCC(=O)[O-])C(=O)[O-]. The van der Waals surface area contributed by atoms with Crippen molar-refractivity contribution in [2.24, 2.45) is 5.73 Å². The van der Waals surface area contributed by atoms with Gasteiger partial charge >= 0.3 is 0 Å². The van der Waals surface area contributed by atoms with Gasteiger partial charge in [0.15, 0.2) is 0 Å². The van der Waals surface area contributed by atoms with Crippen LogP contribution >= 0.6 is 0 Å². The van der Waals surface area contributed by atoms with Crippen LogP contribution in [0, 0.1) is 0 Å². The molecule has 7 heteroatoms. The minimum atomic E-state index is -1.44. The van der Waals surface area contributed by atoms with Crippen molar-refractivity contribution >= 4 is 11.9 Å². The number of quaternary nitrogens is 2. The summed E-state index contributed by atoms with van der Waals surface area (Å²) >= 11 is 0. The molecule has 7 nitrogen and oxygen atoms in total. The number of nitrogens with zero attached hydrogens (tertiary/aromatic N) is 2. The Kier molecular flexibility index (Phi) is 20.1. The van der Waals surface area contributed by atoms with E-state index in [9.17, 15) is 19.8 Å². The highest BCUT2D eigenvalue weighted by atomic mass is 16.4. The minimum absolute atomic E-state index is 0.148. The molecule has 0 aliphatic carbocycles. The van der Waals surface area contributed by atoms with Gasteiger partial charge in [0.1, 0.15) is 0 Å². The monoisotopic (exact) mass is 405 g/mol. The number of carboxylic acids is 2. The summed E-state index contributed by atoms with van der Waals surface area (Å²) < 4.78 is 2.56. The van der Waals surface area contributed by atoms with Crippen LogP contribution in [0.1, 0.15) is 68.2 Å². The van der Waals surface area contributed by atoms with Crippen molar-refractivity contribution in [2.45, 2.75) is 74.3 Å². The van der Waals surface area contributed by atoms with E-state index in [1.54, 1.807) is 0 Å². The molecule has 0 radical (unpaired) electrons. The van der Waals surface area contributed by atoms with E-state index in [0.717, 1.165) is 0 Å². The molecular weight excluding hydrogens is 358 g/mol. The summed E-state index contributed by atoms with van der Waals surface area (Å²) in [4.78, 5) is 19.6. The van der Waals surface area contributed by atoms with Crippen LogP contribution in [-0.2, 0) is 9.59 Å². The maximum atomic E-state index is 9.86. The number of rotatable bonds is 12. The lowest BCUT2D eigenvalue weighted by Gasteiger charge is -2.34. The Hall–Kier alpha value is -1.18. The van der Waals surface area contributed by atoms with Gasteiger partial charge in [-0.3, -0.25) is 0 Å². The van der Waals surface area contributed by atoms with E-state index in [4.69, 9.17) is 5.73 Å². The topological polar surface area (TPSA) is 106 Å². The molecule has 0 fully saturated rings. The van der Waals surface area contributed by atoms with E-state index in [1.165, 1.54) is 61.3 Å². The average Bonchev–Trinajstić information content (AvgIpc) is 2.71. The fraction of sp³-hybridized carbons (Fsp3) is 0.905. The third kappa shape index (κ3) is 13.9. The zero-order chi connectivity index (χ0) is 22.8. The highest BCUT2D eigenvalue weighted by Gasteiger charge is 2.16. The molecule has 0 aliphatic rings. The second kappa shape index (κ2) is 17.9. The van der Waals surface area contributed by atoms with E-state index in [1.807, 2.05) is 0 Å². The third-order valence-corrected chi connectivity index (χ3v) is 6.33. The standard InChI is InChI=1S/2C8H20N.C5H9NO4/c2*1-5-9(6-2,7-3)8-4;6-3(5(9)10)1-2-4(7)8/h2*5-8H2,1-4H3;3H,1-2,6H2,(H,7,8)(H,9,10)/q2*+1;/p-2/t;;3-/m..0/s1. The highest BCUT2D eigenvalue weighted by Crippen LogP contribution is 2.04. The Labute approximate surface area is 173 Å². The second-order valence-corrected chi connectivity index (χ2v) is 7.05. The van der Waals surface area contributed by atoms with Gasteiger partial charge in [-0.2, -0.15) is 0 Å². The molecule has 0 spiro atoms. The van der Waals surface area contributed by atoms with Crippen LogP contribution in [0.5, 0.6) is 0 Å². The van der Waals surface area contributed by atoms with Crippen LogP contribution in [0.3, 0.4) is 0 Å². The summed E-state index contributed by atoms with van der Waals surface area (Å²) in [6, 6.07) is -1.21. The quantitative estimate of drug-likeness (QED) is 0.472. The van der Waals surface area contributed by atoms with Crippen molar-refractivity contribution in [2.75, 3.05) is 52.4 Å². The number of carbonyl (C=O) groups excluding carboxylic acids is 2. The van der Waals surface area contributed by atoms with Crippen LogP contribution < -0.4 is 15.9 Å². The predicted molar refractivity (Wildman–Crippen MR) is 112 cm³/mol. The van der Waals surface area contributed by atoms with Crippen molar-refractivity contribution in [3.8, 4) is 0 Å². The van der Waals surface area contributed by atoms with Crippen LogP contribution in [0.25, 0.3) is 0 Å². The number of hydrogen-bond donors (Lipinski definition) is 1. The first kappa shape index (κ1) is 31.5. The van der Waals surface area contributed by atoms with Crippen molar-refractivity contribution in [3.05, 3.63) is 0 Å². The summed E-state index contributed by atoms with van der Waals surface area (Å²) in [5.41, 5.74) is 4.91. The first-order chi connectivity index (χ1) is 13.0. The van der Waals surface area contributed by atoms with Gasteiger partial charge in [-0.15, -0.1) is 0 Å². The van der Waals surface area contributed by atoms with Gasteiger partial charge in [-0.1, -0.05) is 0 Å².